The minimum atomic E-state index is -4.48. The molecule has 0 saturated carbocycles. The predicted molar refractivity (Wildman–Crippen MR) is 99.9 cm³/mol. The summed E-state index contributed by atoms with van der Waals surface area (Å²) >= 11 is 0. The van der Waals surface area contributed by atoms with Crippen LogP contribution in [0.1, 0.15) is 27.9 Å². The molecule has 9 heteroatoms. The van der Waals surface area contributed by atoms with Crippen molar-refractivity contribution >= 4 is 11.9 Å². The molecule has 1 N–H and O–H groups in total. The molecule has 0 aliphatic carbocycles. The summed E-state index contributed by atoms with van der Waals surface area (Å²) in [5.41, 5.74) is -0.0910. The monoisotopic (exact) mass is 424 g/mol. The molecule has 1 amide bonds. The number of nitrogens with zero attached hydrogens (tertiary/aromatic N) is 1. The zero-order chi connectivity index (χ0) is 21.9. The van der Waals surface area contributed by atoms with Crippen LogP contribution in [0.3, 0.4) is 0 Å². The Hall–Kier alpha value is -2.94. The Labute approximate surface area is 170 Å². The molecule has 5 nitrogen and oxygen atoms in total. The fraction of sp³-hybridized carbons (Fsp3) is 0.333. The van der Waals surface area contributed by atoms with Crippen molar-refractivity contribution in [1.29, 1.82) is 0 Å². The van der Waals surface area contributed by atoms with Gasteiger partial charge in [-0.3, -0.25) is 14.5 Å². The summed E-state index contributed by atoms with van der Waals surface area (Å²) in [6, 6.07) is 8.83. The predicted octanol–water partition coefficient (Wildman–Crippen LogP) is 3.39. The highest BCUT2D eigenvalue weighted by Gasteiger charge is 2.38. The molecule has 0 radical (unpaired) electrons. The molecule has 0 spiro atoms. The third-order valence-corrected chi connectivity index (χ3v) is 4.96. The van der Waals surface area contributed by atoms with Gasteiger partial charge in [0.05, 0.1) is 12.7 Å². The number of ether oxygens (including phenoxy) is 1. The van der Waals surface area contributed by atoms with Gasteiger partial charge in [0.2, 0.25) is 0 Å². The fourth-order valence-corrected chi connectivity index (χ4v) is 3.51. The van der Waals surface area contributed by atoms with Gasteiger partial charge < -0.3 is 10.1 Å². The van der Waals surface area contributed by atoms with Crippen LogP contribution in [0, 0.1) is 5.82 Å². The van der Waals surface area contributed by atoms with E-state index in [2.05, 4.69) is 5.32 Å². The lowest BCUT2D eigenvalue weighted by Crippen LogP contribution is -2.37. The Morgan fingerprint density at radius 3 is 2.47 bits per heavy atom. The SMILES string of the molecule is COC(=O)[C@@H]1C[C@@H](NC(=O)c2ccc(C(F)(F)F)cc2)CN1Cc1cccc(F)c1. The highest BCUT2D eigenvalue weighted by Crippen LogP contribution is 2.29. The fourth-order valence-electron chi connectivity index (χ4n) is 3.51. The Balaban J connectivity index is 1.68. The molecule has 3 rings (SSSR count). The molecular formula is C21H20F4N2O3. The second kappa shape index (κ2) is 8.83. The third-order valence-electron chi connectivity index (χ3n) is 4.96. The van der Waals surface area contributed by atoms with Gasteiger partial charge in [0.25, 0.3) is 5.91 Å². The van der Waals surface area contributed by atoms with Crippen LogP contribution in [0.15, 0.2) is 48.5 Å². The number of rotatable bonds is 5. The normalized spacial score (nSPS) is 19.5. The summed E-state index contributed by atoms with van der Waals surface area (Å²) in [6.45, 7) is 0.590. The molecule has 30 heavy (non-hydrogen) atoms. The van der Waals surface area contributed by atoms with Crippen LogP contribution in [-0.2, 0) is 22.3 Å². The molecule has 1 fully saturated rings. The van der Waals surface area contributed by atoms with Crippen LogP contribution in [-0.4, -0.2) is 42.5 Å². The van der Waals surface area contributed by atoms with E-state index in [1.807, 2.05) is 0 Å². The molecular weight excluding hydrogens is 404 g/mol. The number of carbonyl (C=O) groups is 2. The molecule has 2 aromatic carbocycles. The van der Waals surface area contributed by atoms with Gasteiger partial charge in [-0.1, -0.05) is 12.1 Å². The molecule has 1 heterocycles. The first kappa shape index (κ1) is 21.8. The quantitative estimate of drug-likeness (QED) is 0.591. The molecule has 0 unspecified atom stereocenters. The van der Waals surface area contributed by atoms with Gasteiger partial charge in [-0.15, -0.1) is 0 Å². The summed E-state index contributed by atoms with van der Waals surface area (Å²) in [6.07, 6.45) is -4.21. The summed E-state index contributed by atoms with van der Waals surface area (Å²) in [4.78, 5) is 26.4. The van der Waals surface area contributed by atoms with Crippen molar-refractivity contribution in [2.24, 2.45) is 0 Å². The average molecular weight is 424 g/mol. The lowest BCUT2D eigenvalue weighted by Gasteiger charge is -2.22. The van der Waals surface area contributed by atoms with Crippen LogP contribution in [0.2, 0.25) is 0 Å². The van der Waals surface area contributed by atoms with Crippen LogP contribution in [0.5, 0.6) is 0 Å². The zero-order valence-corrected chi connectivity index (χ0v) is 16.1. The Morgan fingerprint density at radius 2 is 1.87 bits per heavy atom. The summed E-state index contributed by atoms with van der Waals surface area (Å²) < 4.78 is 56.3. The van der Waals surface area contributed by atoms with E-state index in [9.17, 15) is 27.2 Å². The van der Waals surface area contributed by atoms with Crippen molar-refractivity contribution < 1.29 is 31.9 Å². The Bertz CT molecular complexity index is 915. The Morgan fingerprint density at radius 1 is 1.17 bits per heavy atom. The molecule has 1 saturated heterocycles. The number of amides is 1. The summed E-state index contributed by atoms with van der Waals surface area (Å²) in [5.74, 6) is -1.41. The maximum atomic E-state index is 13.5. The zero-order valence-electron chi connectivity index (χ0n) is 16.1. The maximum Gasteiger partial charge on any atom is 0.416 e. The number of alkyl halides is 3. The van der Waals surface area contributed by atoms with E-state index in [-0.39, 0.29) is 18.5 Å². The number of hydrogen-bond acceptors (Lipinski definition) is 4. The lowest BCUT2D eigenvalue weighted by atomic mass is 10.1. The standard InChI is InChI=1S/C21H20F4N2O3/c1-30-20(29)18-10-17(12-27(18)11-13-3-2-4-16(22)9-13)26-19(28)14-5-7-15(8-6-14)21(23,24)25/h2-9,17-18H,10-12H2,1H3,(H,26,28)/t17-,18+/m1/s1. The third kappa shape index (κ3) is 5.15. The van der Waals surface area contributed by atoms with Crippen molar-refractivity contribution in [3.8, 4) is 0 Å². The van der Waals surface area contributed by atoms with Gasteiger partial charge in [-0.2, -0.15) is 13.2 Å². The first-order valence-electron chi connectivity index (χ1n) is 9.22. The van der Waals surface area contributed by atoms with Crippen LogP contribution >= 0.6 is 0 Å². The number of esters is 1. The minimum absolute atomic E-state index is 0.0844. The molecule has 160 valence electrons. The smallest absolute Gasteiger partial charge is 0.416 e. The van der Waals surface area contributed by atoms with Gasteiger partial charge in [-0.05, 0) is 48.4 Å². The first-order valence-corrected chi connectivity index (χ1v) is 9.22. The largest absolute Gasteiger partial charge is 0.468 e. The second-order valence-corrected chi connectivity index (χ2v) is 7.08. The Kier molecular flexibility index (Phi) is 6.40. The molecule has 1 aliphatic heterocycles. The maximum absolute atomic E-state index is 13.5. The van der Waals surface area contributed by atoms with Gasteiger partial charge in [0.1, 0.15) is 11.9 Å². The first-order chi connectivity index (χ1) is 14.2. The number of halogens is 4. The van der Waals surface area contributed by atoms with Crippen molar-refractivity contribution in [2.45, 2.75) is 31.2 Å². The van der Waals surface area contributed by atoms with Crippen molar-refractivity contribution in [3.63, 3.8) is 0 Å². The van der Waals surface area contributed by atoms with Crippen LogP contribution in [0.25, 0.3) is 0 Å². The topological polar surface area (TPSA) is 58.6 Å². The molecule has 0 aromatic heterocycles. The van der Waals surface area contributed by atoms with Crippen molar-refractivity contribution in [1.82, 2.24) is 10.2 Å². The average Bonchev–Trinajstić information content (AvgIpc) is 3.08. The van der Waals surface area contributed by atoms with E-state index in [0.717, 1.165) is 24.3 Å². The van der Waals surface area contributed by atoms with Crippen LogP contribution in [0.4, 0.5) is 17.6 Å². The van der Waals surface area contributed by atoms with E-state index in [1.54, 1.807) is 17.0 Å². The van der Waals surface area contributed by atoms with Gasteiger partial charge >= 0.3 is 12.1 Å². The summed E-state index contributed by atoms with van der Waals surface area (Å²) in [5, 5.41) is 2.75. The van der Waals surface area contributed by atoms with Crippen molar-refractivity contribution in [3.05, 3.63) is 71.0 Å². The highest BCUT2D eigenvalue weighted by molar-refractivity contribution is 5.94. The van der Waals surface area contributed by atoms with Crippen LogP contribution < -0.4 is 5.32 Å². The van der Waals surface area contributed by atoms with E-state index >= 15 is 0 Å². The number of carbonyl (C=O) groups excluding carboxylic acids is 2. The molecule has 2 atom stereocenters. The highest BCUT2D eigenvalue weighted by atomic mass is 19.4. The number of benzene rings is 2. The number of likely N-dealkylation sites (tertiary alicyclic amines) is 1. The molecule has 2 aromatic rings. The minimum Gasteiger partial charge on any atom is -0.468 e. The number of nitrogens with one attached hydrogen (secondary N) is 1. The lowest BCUT2D eigenvalue weighted by molar-refractivity contribution is -0.146. The van der Waals surface area contributed by atoms with Gasteiger partial charge in [0, 0.05) is 24.7 Å². The second-order valence-electron chi connectivity index (χ2n) is 7.08. The molecule has 0 bridgehead atoms. The van der Waals surface area contributed by atoms with Gasteiger partial charge in [0.15, 0.2) is 0 Å². The van der Waals surface area contributed by atoms with Crippen molar-refractivity contribution in [2.75, 3.05) is 13.7 Å². The molecule has 1 aliphatic rings. The van der Waals surface area contributed by atoms with E-state index in [0.29, 0.717) is 12.1 Å². The summed E-state index contributed by atoms with van der Waals surface area (Å²) in [7, 11) is 1.26. The number of methoxy groups -OCH3 is 1. The van der Waals surface area contributed by atoms with E-state index < -0.39 is 41.5 Å². The van der Waals surface area contributed by atoms with E-state index in [4.69, 9.17) is 4.74 Å². The van der Waals surface area contributed by atoms with Gasteiger partial charge in [-0.25, -0.2) is 4.39 Å². The van der Waals surface area contributed by atoms with E-state index in [1.165, 1.54) is 19.2 Å². The number of hydrogen-bond donors (Lipinski definition) is 1.